The lowest BCUT2D eigenvalue weighted by Gasteiger charge is -2.42. The summed E-state index contributed by atoms with van der Waals surface area (Å²) in [6.45, 7) is 10.6. The van der Waals surface area contributed by atoms with E-state index in [0.29, 0.717) is 42.7 Å². The molecular weight excluding hydrogens is 352 g/mol. The summed E-state index contributed by atoms with van der Waals surface area (Å²) in [5.74, 6) is 1.89. The third-order valence-corrected chi connectivity index (χ3v) is 4.96. The monoisotopic (exact) mass is 384 g/mol. The van der Waals surface area contributed by atoms with E-state index in [9.17, 15) is 4.79 Å². The molecule has 1 saturated heterocycles. The van der Waals surface area contributed by atoms with Crippen molar-refractivity contribution in [3.63, 3.8) is 0 Å². The average molecular weight is 385 g/mol. The van der Waals surface area contributed by atoms with E-state index < -0.39 is 0 Å². The summed E-state index contributed by atoms with van der Waals surface area (Å²) in [6, 6.07) is 5.54. The Morgan fingerprint density at radius 3 is 2.62 bits per heavy atom. The number of nitrogens with two attached hydrogens (primary N) is 1. The van der Waals surface area contributed by atoms with Gasteiger partial charge in [-0.2, -0.15) is 0 Å². The number of ether oxygens (including phenoxy) is 2. The fourth-order valence-corrected chi connectivity index (χ4v) is 3.05. The first kappa shape index (κ1) is 22.6. The molecule has 1 amide bonds. The number of rotatable bonds is 6. The molecule has 2 rings (SSSR count). The van der Waals surface area contributed by atoms with E-state index in [0.717, 1.165) is 12.8 Å². The van der Waals surface area contributed by atoms with E-state index in [1.54, 1.807) is 13.2 Å². The van der Waals surface area contributed by atoms with Gasteiger partial charge in [-0.1, -0.05) is 27.7 Å². The van der Waals surface area contributed by atoms with Crippen LogP contribution in [0.15, 0.2) is 18.2 Å². The van der Waals surface area contributed by atoms with Gasteiger partial charge in [-0.25, -0.2) is 0 Å². The van der Waals surface area contributed by atoms with Crippen molar-refractivity contribution in [2.75, 3.05) is 26.8 Å². The Labute approximate surface area is 163 Å². The Hall–Kier alpha value is -1.46. The summed E-state index contributed by atoms with van der Waals surface area (Å²) in [5.41, 5.74) is 6.73. The van der Waals surface area contributed by atoms with Crippen LogP contribution in [0.2, 0.25) is 0 Å². The van der Waals surface area contributed by atoms with Crippen molar-refractivity contribution in [3.8, 4) is 11.5 Å². The molecule has 1 fully saturated rings. The van der Waals surface area contributed by atoms with Gasteiger partial charge in [-0.3, -0.25) is 4.79 Å². The van der Waals surface area contributed by atoms with E-state index in [1.165, 1.54) is 0 Å². The molecule has 1 heterocycles. The predicted molar refractivity (Wildman–Crippen MR) is 107 cm³/mol. The summed E-state index contributed by atoms with van der Waals surface area (Å²) < 4.78 is 11.2. The maximum atomic E-state index is 12.9. The van der Waals surface area contributed by atoms with Crippen LogP contribution in [-0.4, -0.2) is 43.7 Å². The number of carbonyl (C=O) groups excluding carboxylic acids is 1. The molecule has 2 N–H and O–H groups in total. The Bertz CT molecular complexity index is 605. The molecule has 1 unspecified atom stereocenters. The molecule has 0 aromatic heterocycles. The second-order valence-corrected chi connectivity index (χ2v) is 8.01. The maximum Gasteiger partial charge on any atom is 0.254 e. The smallest absolute Gasteiger partial charge is 0.254 e. The number of likely N-dealkylation sites (tertiary alicyclic amines) is 1. The molecule has 5 nitrogen and oxygen atoms in total. The Morgan fingerprint density at radius 1 is 1.35 bits per heavy atom. The zero-order valence-corrected chi connectivity index (χ0v) is 17.4. The Balaban J connectivity index is 0.00000338. The number of nitrogens with zero attached hydrogens (tertiary/aromatic N) is 1. The minimum Gasteiger partial charge on any atom is -0.493 e. The summed E-state index contributed by atoms with van der Waals surface area (Å²) in [7, 11) is 1.60. The third-order valence-electron chi connectivity index (χ3n) is 4.96. The summed E-state index contributed by atoms with van der Waals surface area (Å²) in [5, 5.41) is 0. The van der Waals surface area contributed by atoms with Crippen LogP contribution in [0.1, 0.15) is 50.9 Å². The van der Waals surface area contributed by atoms with Crippen LogP contribution in [0.25, 0.3) is 0 Å². The zero-order chi connectivity index (χ0) is 18.6. The van der Waals surface area contributed by atoms with E-state index in [2.05, 4.69) is 27.7 Å². The minimum absolute atomic E-state index is 0. The Kier molecular flexibility index (Phi) is 8.22. The second-order valence-electron chi connectivity index (χ2n) is 8.01. The number of benzene rings is 1. The molecule has 0 aliphatic carbocycles. The fourth-order valence-electron chi connectivity index (χ4n) is 3.05. The highest BCUT2D eigenvalue weighted by Gasteiger charge is 2.35. The first-order chi connectivity index (χ1) is 11.7. The molecule has 0 bridgehead atoms. The van der Waals surface area contributed by atoms with Gasteiger partial charge in [0, 0.05) is 24.7 Å². The maximum absolute atomic E-state index is 12.9. The van der Waals surface area contributed by atoms with Crippen molar-refractivity contribution >= 4 is 18.3 Å². The van der Waals surface area contributed by atoms with Crippen molar-refractivity contribution in [2.24, 2.45) is 17.1 Å². The topological polar surface area (TPSA) is 64.8 Å². The van der Waals surface area contributed by atoms with Crippen LogP contribution in [0.3, 0.4) is 0 Å². The molecule has 148 valence electrons. The van der Waals surface area contributed by atoms with Crippen molar-refractivity contribution < 1.29 is 14.3 Å². The number of methoxy groups -OCH3 is 1. The molecule has 6 heteroatoms. The number of hydrogen-bond acceptors (Lipinski definition) is 4. The van der Waals surface area contributed by atoms with Gasteiger partial charge in [-0.15, -0.1) is 12.4 Å². The van der Waals surface area contributed by atoms with Crippen molar-refractivity contribution in [2.45, 2.75) is 46.6 Å². The first-order valence-corrected chi connectivity index (χ1v) is 9.10. The standard InChI is InChI=1S/C20H32N2O3.ClH/c1-14(2)9-11-25-16-7-6-15(12-17(16)24-5)19(23)22-10-8-18(21)20(3,4)13-22;/h6-7,12,14,18H,8-11,13,21H2,1-5H3;1H. The van der Waals surface area contributed by atoms with Crippen LogP contribution >= 0.6 is 12.4 Å². The van der Waals surface area contributed by atoms with Gasteiger partial charge in [0.1, 0.15) is 0 Å². The molecule has 1 atom stereocenters. The molecule has 0 saturated carbocycles. The van der Waals surface area contributed by atoms with E-state index in [1.807, 2.05) is 17.0 Å². The van der Waals surface area contributed by atoms with E-state index in [-0.39, 0.29) is 29.8 Å². The van der Waals surface area contributed by atoms with Crippen molar-refractivity contribution in [1.82, 2.24) is 4.90 Å². The molecule has 0 spiro atoms. The highest BCUT2D eigenvalue weighted by Crippen LogP contribution is 2.31. The van der Waals surface area contributed by atoms with E-state index >= 15 is 0 Å². The quantitative estimate of drug-likeness (QED) is 0.811. The van der Waals surface area contributed by atoms with Gasteiger partial charge in [-0.05, 0) is 42.4 Å². The molecule has 1 aliphatic rings. The molecule has 0 radical (unpaired) electrons. The molecule has 1 aromatic carbocycles. The van der Waals surface area contributed by atoms with Crippen LogP contribution in [-0.2, 0) is 0 Å². The second kappa shape index (κ2) is 9.47. The van der Waals surface area contributed by atoms with E-state index in [4.69, 9.17) is 15.2 Å². The van der Waals surface area contributed by atoms with Crippen molar-refractivity contribution in [1.29, 1.82) is 0 Å². The highest BCUT2D eigenvalue weighted by atomic mass is 35.5. The fraction of sp³-hybridized carbons (Fsp3) is 0.650. The normalized spacial score (nSPS) is 19.0. The van der Waals surface area contributed by atoms with Crippen molar-refractivity contribution in [3.05, 3.63) is 23.8 Å². The predicted octanol–water partition coefficient (Wildman–Crippen LogP) is 3.74. The lowest BCUT2D eigenvalue weighted by Crippen LogP contribution is -2.53. The number of halogens is 1. The molecule has 1 aromatic rings. The lowest BCUT2D eigenvalue weighted by molar-refractivity contribution is 0.0532. The molecule has 26 heavy (non-hydrogen) atoms. The van der Waals surface area contributed by atoms with Crippen LogP contribution in [0.5, 0.6) is 11.5 Å². The number of hydrogen-bond donors (Lipinski definition) is 1. The van der Waals surface area contributed by atoms with Gasteiger partial charge in [0.15, 0.2) is 11.5 Å². The zero-order valence-electron chi connectivity index (χ0n) is 16.6. The van der Waals surface area contributed by atoms with Gasteiger partial charge in [0.25, 0.3) is 5.91 Å². The number of amides is 1. The lowest BCUT2D eigenvalue weighted by atomic mass is 9.79. The Morgan fingerprint density at radius 2 is 2.04 bits per heavy atom. The van der Waals surface area contributed by atoms with Gasteiger partial charge in [0.2, 0.25) is 0 Å². The van der Waals surface area contributed by atoms with Crippen LogP contribution in [0, 0.1) is 11.3 Å². The first-order valence-electron chi connectivity index (χ1n) is 9.10. The number of carbonyl (C=O) groups is 1. The highest BCUT2D eigenvalue weighted by molar-refractivity contribution is 5.95. The molecular formula is C20H33ClN2O3. The van der Waals surface area contributed by atoms with Gasteiger partial charge >= 0.3 is 0 Å². The summed E-state index contributed by atoms with van der Waals surface area (Å²) >= 11 is 0. The number of piperidine rings is 1. The molecule has 1 aliphatic heterocycles. The third kappa shape index (κ3) is 5.52. The summed E-state index contributed by atoms with van der Waals surface area (Å²) in [4.78, 5) is 14.8. The largest absolute Gasteiger partial charge is 0.493 e. The van der Waals surface area contributed by atoms with Crippen LogP contribution < -0.4 is 15.2 Å². The SMILES string of the molecule is COc1cc(C(=O)N2CCC(N)C(C)(C)C2)ccc1OCCC(C)C.Cl. The van der Waals surface area contributed by atoms with Gasteiger partial charge < -0.3 is 20.1 Å². The minimum atomic E-state index is -0.0715. The van der Waals surface area contributed by atoms with Gasteiger partial charge in [0.05, 0.1) is 13.7 Å². The summed E-state index contributed by atoms with van der Waals surface area (Å²) in [6.07, 6.45) is 1.80. The average Bonchev–Trinajstić information content (AvgIpc) is 2.56. The van der Waals surface area contributed by atoms with Crippen LogP contribution in [0.4, 0.5) is 0 Å².